The summed E-state index contributed by atoms with van der Waals surface area (Å²) >= 11 is 0. The van der Waals surface area contributed by atoms with Crippen LogP contribution in [-0.2, 0) is 0 Å². The number of benzene rings is 1. The minimum atomic E-state index is -2.78. The maximum Gasteiger partial charge on any atom is 0.298 e. The lowest BCUT2D eigenvalue weighted by Gasteiger charge is -2.34. The van der Waals surface area contributed by atoms with E-state index in [0.29, 0.717) is 32.2 Å². The zero-order valence-electron chi connectivity index (χ0n) is 13.2. The van der Waals surface area contributed by atoms with Crippen molar-refractivity contribution in [3.05, 3.63) is 46.4 Å². The van der Waals surface area contributed by atoms with Gasteiger partial charge in [0.2, 0.25) is 5.95 Å². The van der Waals surface area contributed by atoms with Gasteiger partial charge in [-0.1, -0.05) is 12.1 Å². The summed E-state index contributed by atoms with van der Waals surface area (Å²) in [4.78, 5) is 26.1. The van der Waals surface area contributed by atoms with Crippen molar-refractivity contribution in [2.45, 2.75) is 6.43 Å². The molecule has 1 fully saturated rings. The van der Waals surface area contributed by atoms with Crippen LogP contribution in [0.2, 0.25) is 0 Å². The van der Waals surface area contributed by atoms with Crippen molar-refractivity contribution in [1.82, 2.24) is 15.0 Å². The van der Waals surface area contributed by atoms with E-state index in [1.54, 1.807) is 4.90 Å². The maximum absolute atomic E-state index is 12.8. The van der Waals surface area contributed by atoms with Crippen LogP contribution in [0.1, 0.15) is 12.1 Å². The van der Waals surface area contributed by atoms with Crippen molar-refractivity contribution < 1.29 is 13.2 Å². The van der Waals surface area contributed by atoms with Crippen LogP contribution >= 0.6 is 0 Å². The van der Waals surface area contributed by atoms with Crippen molar-refractivity contribution >= 4 is 23.1 Å². The zero-order chi connectivity index (χ0) is 17.4. The topological polar surface area (TPSA) is 78.3 Å². The number of rotatable bonds is 3. The van der Waals surface area contributed by atoms with E-state index in [4.69, 9.17) is 4.42 Å². The molecule has 7 nitrogen and oxygen atoms in total. The number of alkyl halides is 2. The van der Waals surface area contributed by atoms with Gasteiger partial charge in [0.25, 0.3) is 18.0 Å². The number of nitrogens with zero attached hydrogens (tertiary/aromatic N) is 4. The van der Waals surface area contributed by atoms with Crippen molar-refractivity contribution in [3.63, 3.8) is 0 Å². The lowest BCUT2D eigenvalue weighted by atomic mass is 10.3. The van der Waals surface area contributed by atoms with Gasteiger partial charge in [0.05, 0.1) is 0 Å². The van der Waals surface area contributed by atoms with E-state index in [1.807, 2.05) is 29.2 Å². The zero-order valence-corrected chi connectivity index (χ0v) is 13.2. The Morgan fingerprint density at radius 1 is 1.08 bits per heavy atom. The van der Waals surface area contributed by atoms with Crippen LogP contribution in [0, 0.1) is 0 Å². The second-order valence-corrected chi connectivity index (χ2v) is 5.73. The molecule has 1 aromatic carbocycles. The van der Waals surface area contributed by atoms with E-state index in [0.717, 1.165) is 17.2 Å². The van der Waals surface area contributed by atoms with Crippen LogP contribution in [0.15, 0.2) is 39.5 Å². The number of piperazine rings is 1. The first-order valence-corrected chi connectivity index (χ1v) is 7.85. The van der Waals surface area contributed by atoms with Crippen molar-refractivity contribution in [2.75, 3.05) is 36.0 Å². The average molecular weight is 347 g/mol. The molecule has 1 N–H and O–H groups in total. The molecule has 3 aromatic rings. The number of H-pyrrole nitrogens is 1. The number of hydrogen-bond donors (Lipinski definition) is 1. The Labute approximate surface area is 140 Å². The van der Waals surface area contributed by atoms with Gasteiger partial charge in [-0.05, 0) is 12.1 Å². The van der Waals surface area contributed by atoms with Crippen LogP contribution < -0.4 is 15.4 Å². The SMILES string of the molecule is O=c1cc(C(F)F)nc(N2CCN(c3nc4ccccc4o3)CC2)[nH]1. The van der Waals surface area contributed by atoms with Gasteiger partial charge in [-0.2, -0.15) is 4.98 Å². The molecule has 130 valence electrons. The van der Waals surface area contributed by atoms with Crippen LogP contribution in [0.25, 0.3) is 11.1 Å². The fourth-order valence-electron chi connectivity index (χ4n) is 2.83. The molecule has 0 unspecified atom stereocenters. The van der Waals surface area contributed by atoms with Crippen molar-refractivity contribution in [3.8, 4) is 0 Å². The predicted octanol–water partition coefficient (Wildman–Crippen LogP) is 2.18. The Hall–Kier alpha value is -2.97. The van der Waals surface area contributed by atoms with Gasteiger partial charge in [0.15, 0.2) is 5.58 Å². The summed E-state index contributed by atoms with van der Waals surface area (Å²) in [6.45, 7) is 2.17. The summed E-state index contributed by atoms with van der Waals surface area (Å²) in [5.41, 5.74) is 0.410. The van der Waals surface area contributed by atoms with E-state index in [2.05, 4.69) is 15.0 Å². The Bertz CT molecular complexity index is 914. The molecular weight excluding hydrogens is 332 g/mol. The summed E-state index contributed by atoms with van der Waals surface area (Å²) in [6.07, 6.45) is -2.78. The number of halogens is 2. The smallest absolute Gasteiger partial charge is 0.298 e. The molecule has 2 aromatic heterocycles. The molecule has 3 heterocycles. The molecule has 9 heteroatoms. The number of aromatic nitrogens is 3. The first-order valence-electron chi connectivity index (χ1n) is 7.85. The summed E-state index contributed by atoms with van der Waals surface area (Å²) in [6, 6.07) is 8.86. The fourth-order valence-corrected chi connectivity index (χ4v) is 2.83. The molecule has 0 atom stereocenters. The standard InChI is InChI=1S/C16H15F2N5O2/c17-14(18)11-9-13(24)21-15(19-11)22-5-7-23(8-6-22)16-20-10-3-1-2-4-12(10)25-16/h1-4,9,14H,5-8H2,(H,19,21,24). The lowest BCUT2D eigenvalue weighted by molar-refractivity contribution is 0.146. The molecule has 0 aliphatic carbocycles. The molecule has 0 amide bonds. The van der Waals surface area contributed by atoms with Crippen LogP contribution in [0.5, 0.6) is 0 Å². The van der Waals surface area contributed by atoms with E-state index in [1.165, 1.54) is 0 Å². The Balaban J connectivity index is 1.50. The third-order valence-corrected chi connectivity index (χ3v) is 4.10. The molecule has 1 aliphatic rings. The third-order valence-electron chi connectivity index (χ3n) is 4.10. The number of fused-ring (bicyclic) bond motifs is 1. The third kappa shape index (κ3) is 3.04. The van der Waals surface area contributed by atoms with E-state index in [-0.39, 0.29) is 5.95 Å². The monoisotopic (exact) mass is 347 g/mol. The summed E-state index contributed by atoms with van der Waals surface area (Å²) in [5.74, 6) is 0.167. The van der Waals surface area contributed by atoms with E-state index >= 15 is 0 Å². The summed E-state index contributed by atoms with van der Waals surface area (Å²) < 4.78 is 31.4. The average Bonchev–Trinajstić information content (AvgIpc) is 3.05. The Morgan fingerprint density at radius 3 is 2.52 bits per heavy atom. The Kier molecular flexibility index (Phi) is 3.83. The van der Waals surface area contributed by atoms with Crippen LogP contribution in [-0.4, -0.2) is 41.1 Å². The van der Waals surface area contributed by atoms with Crippen molar-refractivity contribution in [2.24, 2.45) is 0 Å². The molecule has 4 rings (SSSR count). The molecule has 25 heavy (non-hydrogen) atoms. The lowest BCUT2D eigenvalue weighted by Crippen LogP contribution is -2.47. The number of oxazole rings is 1. The highest BCUT2D eigenvalue weighted by atomic mass is 19.3. The fraction of sp³-hybridized carbons (Fsp3) is 0.312. The van der Waals surface area contributed by atoms with Crippen LogP contribution in [0.4, 0.5) is 20.7 Å². The van der Waals surface area contributed by atoms with Gasteiger partial charge in [0.1, 0.15) is 11.2 Å². The second kappa shape index (κ2) is 6.15. The van der Waals surface area contributed by atoms with Crippen LogP contribution in [0.3, 0.4) is 0 Å². The maximum atomic E-state index is 12.8. The molecule has 0 radical (unpaired) electrons. The number of nitrogens with one attached hydrogen (secondary N) is 1. The number of anilines is 2. The van der Waals surface area contributed by atoms with Crippen molar-refractivity contribution in [1.29, 1.82) is 0 Å². The summed E-state index contributed by atoms with van der Waals surface area (Å²) in [7, 11) is 0. The number of para-hydroxylation sites is 2. The minimum Gasteiger partial charge on any atom is -0.423 e. The normalized spacial score (nSPS) is 15.3. The quantitative estimate of drug-likeness (QED) is 0.782. The van der Waals surface area contributed by atoms with Gasteiger partial charge >= 0.3 is 0 Å². The molecule has 0 spiro atoms. The molecule has 1 aliphatic heterocycles. The highest BCUT2D eigenvalue weighted by Crippen LogP contribution is 2.23. The van der Waals surface area contributed by atoms with Gasteiger partial charge in [0, 0.05) is 32.2 Å². The Morgan fingerprint density at radius 2 is 1.80 bits per heavy atom. The molecule has 1 saturated heterocycles. The first-order chi connectivity index (χ1) is 12.1. The van der Waals surface area contributed by atoms with Gasteiger partial charge in [-0.25, -0.2) is 13.8 Å². The number of aromatic amines is 1. The number of hydrogen-bond acceptors (Lipinski definition) is 6. The first kappa shape index (κ1) is 15.6. The molecule has 0 bridgehead atoms. The van der Waals surface area contributed by atoms with Gasteiger partial charge < -0.3 is 14.2 Å². The van der Waals surface area contributed by atoms with Gasteiger partial charge in [-0.3, -0.25) is 9.78 Å². The highest BCUT2D eigenvalue weighted by Gasteiger charge is 2.23. The largest absolute Gasteiger partial charge is 0.423 e. The second-order valence-electron chi connectivity index (χ2n) is 5.73. The molecule has 0 saturated carbocycles. The minimum absolute atomic E-state index is 0.167. The highest BCUT2D eigenvalue weighted by molar-refractivity contribution is 5.74. The van der Waals surface area contributed by atoms with Gasteiger partial charge in [-0.15, -0.1) is 0 Å². The van der Waals surface area contributed by atoms with E-state index < -0.39 is 17.7 Å². The van der Waals surface area contributed by atoms with E-state index in [9.17, 15) is 13.6 Å². The summed E-state index contributed by atoms with van der Waals surface area (Å²) in [5, 5.41) is 0. The predicted molar refractivity (Wildman–Crippen MR) is 88.2 cm³/mol. The molecular formula is C16H15F2N5O2.